The molecule has 0 aromatic carbocycles. The molecule has 0 aromatic rings. The summed E-state index contributed by atoms with van der Waals surface area (Å²) in [7, 11) is -9.97. The lowest BCUT2D eigenvalue weighted by Gasteiger charge is -2.21. The monoisotopic (exact) mass is 1500 g/mol. The average molecular weight is 1500 g/mol. The van der Waals surface area contributed by atoms with Gasteiger partial charge in [0.1, 0.15) is 19.3 Å². The second-order valence-corrected chi connectivity index (χ2v) is 30.2. The molecule has 0 aromatic heterocycles. The molecule has 0 radical (unpaired) electrons. The minimum Gasteiger partial charge on any atom is -0.462 e. The normalized spacial score (nSPS) is 14.4. The van der Waals surface area contributed by atoms with Crippen LogP contribution in [-0.2, 0) is 65.4 Å². The van der Waals surface area contributed by atoms with Crippen molar-refractivity contribution in [3.05, 3.63) is 109 Å². The van der Waals surface area contributed by atoms with Gasteiger partial charge in [-0.25, -0.2) is 9.13 Å². The molecule has 0 aliphatic carbocycles. The Morgan fingerprint density at radius 1 is 0.279 bits per heavy atom. The zero-order valence-corrected chi connectivity index (χ0v) is 67.5. The van der Waals surface area contributed by atoms with E-state index in [0.717, 1.165) is 180 Å². The molecule has 0 bridgehead atoms. The topological polar surface area (TPSA) is 237 Å². The van der Waals surface area contributed by atoms with Gasteiger partial charge in [0.25, 0.3) is 0 Å². The Balaban J connectivity index is 5.36. The molecule has 0 spiro atoms. The van der Waals surface area contributed by atoms with E-state index in [9.17, 15) is 43.2 Å². The summed E-state index contributed by atoms with van der Waals surface area (Å²) in [5.41, 5.74) is 0. The molecule has 5 atom stereocenters. The second kappa shape index (κ2) is 76.9. The fraction of sp³-hybridized carbons (Fsp3) is 0.741. The van der Waals surface area contributed by atoms with Crippen LogP contribution in [0.15, 0.2) is 109 Å². The number of esters is 4. The van der Waals surface area contributed by atoms with Crippen LogP contribution in [0.25, 0.3) is 0 Å². The van der Waals surface area contributed by atoms with Crippen LogP contribution in [-0.4, -0.2) is 96.7 Å². The maximum atomic E-state index is 13.1. The maximum absolute atomic E-state index is 13.1. The molecule has 0 fully saturated rings. The number of carbonyl (C=O) groups excluding carboxylic acids is 4. The van der Waals surface area contributed by atoms with Crippen LogP contribution in [0, 0.1) is 0 Å². The zero-order valence-electron chi connectivity index (χ0n) is 65.7. The third-order valence-electron chi connectivity index (χ3n) is 17.2. The largest absolute Gasteiger partial charge is 0.472 e. The number of hydrogen-bond acceptors (Lipinski definition) is 15. The summed E-state index contributed by atoms with van der Waals surface area (Å²) >= 11 is 0. The quantitative estimate of drug-likeness (QED) is 0.0169. The van der Waals surface area contributed by atoms with Gasteiger partial charge in [0.2, 0.25) is 0 Å². The first-order chi connectivity index (χ1) is 50.7. The van der Waals surface area contributed by atoms with E-state index < -0.39 is 97.5 Å². The number of unbranched alkanes of at least 4 members (excludes halogenated alkanes) is 33. The number of phosphoric ester groups is 2. The van der Waals surface area contributed by atoms with Crippen molar-refractivity contribution in [1.29, 1.82) is 0 Å². The van der Waals surface area contributed by atoms with E-state index in [2.05, 4.69) is 137 Å². The summed E-state index contributed by atoms with van der Waals surface area (Å²) in [5, 5.41) is 10.7. The van der Waals surface area contributed by atoms with E-state index in [1.54, 1.807) is 0 Å². The molecule has 104 heavy (non-hydrogen) atoms. The molecule has 3 N–H and O–H groups in total. The van der Waals surface area contributed by atoms with Crippen molar-refractivity contribution >= 4 is 39.5 Å². The highest BCUT2D eigenvalue weighted by molar-refractivity contribution is 7.47. The van der Waals surface area contributed by atoms with Gasteiger partial charge < -0.3 is 33.8 Å². The molecule has 0 aliphatic rings. The molecular weight excluding hydrogens is 1350 g/mol. The van der Waals surface area contributed by atoms with E-state index in [1.807, 2.05) is 0 Å². The van der Waals surface area contributed by atoms with Gasteiger partial charge in [0.05, 0.1) is 26.4 Å². The van der Waals surface area contributed by atoms with E-state index >= 15 is 0 Å². The highest BCUT2D eigenvalue weighted by Crippen LogP contribution is 2.45. The lowest BCUT2D eigenvalue weighted by Crippen LogP contribution is -2.30. The molecule has 600 valence electrons. The minimum absolute atomic E-state index is 0.0810. The zero-order chi connectivity index (χ0) is 76.0. The van der Waals surface area contributed by atoms with Gasteiger partial charge in [-0.2, -0.15) is 0 Å². The van der Waals surface area contributed by atoms with Gasteiger partial charge in [0, 0.05) is 25.7 Å². The Kier molecular flexibility index (Phi) is 73.7. The lowest BCUT2D eigenvalue weighted by atomic mass is 10.0. The predicted molar refractivity (Wildman–Crippen MR) is 427 cm³/mol. The van der Waals surface area contributed by atoms with Crippen LogP contribution in [0.2, 0.25) is 0 Å². The van der Waals surface area contributed by atoms with Gasteiger partial charge in [-0.3, -0.25) is 37.3 Å². The van der Waals surface area contributed by atoms with Crippen molar-refractivity contribution in [3.8, 4) is 0 Å². The van der Waals surface area contributed by atoms with Crippen LogP contribution in [0.3, 0.4) is 0 Å². The summed E-state index contributed by atoms with van der Waals surface area (Å²) in [6.07, 6.45) is 83.4. The molecular formula is C85H148O17P2. The number of aliphatic hydroxyl groups excluding tert-OH is 1. The summed E-state index contributed by atoms with van der Waals surface area (Å²) in [5.74, 6) is -2.21. The van der Waals surface area contributed by atoms with Crippen molar-refractivity contribution in [2.45, 2.75) is 367 Å². The van der Waals surface area contributed by atoms with Crippen LogP contribution in [0.4, 0.5) is 0 Å². The van der Waals surface area contributed by atoms with Crippen LogP contribution in [0.1, 0.15) is 349 Å². The standard InChI is InChI=1S/C85H148O17P2/c1-5-9-13-17-21-25-29-33-36-38-39-41-44-47-50-54-58-62-66-70-83(88)95-75-80(101-84(89)71-67-63-59-55-51-45-32-28-24-20-16-12-8-4)77-99-103(91,92)97-73-79(86)74-98-104(93,94)100-78-81(102-85(90)72-68-64-60-56-52-48-42-35-31-27-23-19-15-11-7-3)76-96-82(87)69-65-61-57-53-49-46-43-40-37-34-30-26-22-18-14-10-6-2/h9-10,13-14,21-22,25-26,28,32-34,36-37,39,41,43,46,79-81,86H,5-8,11-12,15-20,23-24,27,29-31,35,38,40,42,44-45,47-78H2,1-4H3,(H,91,92)(H,93,94)/b13-9-,14-10-,25-21-,26-22-,32-28-,36-33-,37-34-,41-39-,46-43-. The Hall–Kier alpha value is -4.28. The number of rotatable bonds is 77. The Labute approximate surface area is 632 Å². The van der Waals surface area contributed by atoms with Crippen molar-refractivity contribution in [2.75, 3.05) is 39.6 Å². The SMILES string of the molecule is CC/C=C\C/C=C\C/C=C\C/C=C\CCCCCCCCC(=O)OCC(COP(=O)(O)OCC(O)COP(=O)(O)OCC(COC(=O)CCCCCC/C=C\C/C=C\C/C=C\C/C=C\CC)OC(=O)CCCCCCCCCCCCCCCCC)OC(=O)CCCCCCC/C=C\CCCCCC. The molecule has 0 aliphatic heterocycles. The number of aliphatic hydroxyl groups is 1. The van der Waals surface area contributed by atoms with E-state index in [-0.39, 0.29) is 25.7 Å². The maximum Gasteiger partial charge on any atom is 0.472 e. The fourth-order valence-electron chi connectivity index (χ4n) is 11.0. The Morgan fingerprint density at radius 3 is 0.788 bits per heavy atom. The van der Waals surface area contributed by atoms with Crippen molar-refractivity contribution in [1.82, 2.24) is 0 Å². The number of hydrogen-bond donors (Lipinski definition) is 3. The predicted octanol–water partition coefficient (Wildman–Crippen LogP) is 24.1. The van der Waals surface area contributed by atoms with Gasteiger partial charge in [-0.1, -0.05) is 304 Å². The molecule has 0 amide bonds. The summed E-state index contributed by atoms with van der Waals surface area (Å²) in [4.78, 5) is 73.1. The van der Waals surface area contributed by atoms with E-state index in [4.69, 9.17) is 37.0 Å². The van der Waals surface area contributed by atoms with Crippen LogP contribution >= 0.6 is 15.6 Å². The molecule has 0 heterocycles. The first-order valence-electron chi connectivity index (χ1n) is 41.1. The van der Waals surface area contributed by atoms with E-state index in [1.165, 1.54) is 89.9 Å². The number of carbonyl (C=O) groups is 4. The molecule has 0 saturated carbocycles. The molecule has 0 rings (SSSR count). The Morgan fingerprint density at radius 2 is 0.500 bits per heavy atom. The van der Waals surface area contributed by atoms with Crippen molar-refractivity contribution < 1.29 is 80.2 Å². The highest BCUT2D eigenvalue weighted by atomic mass is 31.2. The molecule has 0 saturated heterocycles. The van der Waals surface area contributed by atoms with Gasteiger partial charge in [-0.05, 0) is 128 Å². The third-order valence-corrected chi connectivity index (χ3v) is 19.1. The highest BCUT2D eigenvalue weighted by Gasteiger charge is 2.30. The molecule has 17 nitrogen and oxygen atoms in total. The third kappa shape index (κ3) is 75.9. The van der Waals surface area contributed by atoms with Gasteiger partial charge in [-0.15, -0.1) is 0 Å². The Bertz CT molecular complexity index is 2390. The minimum atomic E-state index is -4.98. The number of allylic oxidation sites excluding steroid dienone is 18. The van der Waals surface area contributed by atoms with Crippen LogP contribution < -0.4 is 0 Å². The summed E-state index contributed by atoms with van der Waals surface area (Å²) in [6, 6.07) is 0. The van der Waals surface area contributed by atoms with Gasteiger partial charge >= 0.3 is 39.5 Å². The fourth-order valence-corrected chi connectivity index (χ4v) is 12.6. The number of ether oxygens (including phenoxy) is 4. The smallest absolute Gasteiger partial charge is 0.462 e. The first kappa shape index (κ1) is 99.7. The summed E-state index contributed by atoms with van der Waals surface area (Å²) < 4.78 is 68.7. The molecule has 5 unspecified atom stereocenters. The van der Waals surface area contributed by atoms with Gasteiger partial charge in [0.15, 0.2) is 12.2 Å². The summed E-state index contributed by atoms with van der Waals surface area (Å²) in [6.45, 7) is 4.63. The second-order valence-electron chi connectivity index (χ2n) is 27.3. The molecule has 19 heteroatoms. The first-order valence-corrected chi connectivity index (χ1v) is 44.1. The number of phosphoric acid groups is 2. The average Bonchev–Trinajstić information content (AvgIpc) is 0.939. The van der Waals surface area contributed by atoms with Crippen LogP contribution in [0.5, 0.6) is 0 Å². The lowest BCUT2D eigenvalue weighted by molar-refractivity contribution is -0.161. The van der Waals surface area contributed by atoms with Crippen molar-refractivity contribution in [2.24, 2.45) is 0 Å². The van der Waals surface area contributed by atoms with E-state index in [0.29, 0.717) is 25.7 Å². The van der Waals surface area contributed by atoms with Crippen molar-refractivity contribution in [3.63, 3.8) is 0 Å².